The zero-order chi connectivity index (χ0) is 22.4. The number of carbonyl (C=O) groups excluding carboxylic acids is 1. The molecule has 0 spiro atoms. The van der Waals surface area contributed by atoms with E-state index in [0.29, 0.717) is 11.4 Å². The van der Waals surface area contributed by atoms with E-state index >= 15 is 0 Å². The lowest BCUT2D eigenvalue weighted by molar-refractivity contribution is -0.115. The van der Waals surface area contributed by atoms with Gasteiger partial charge in [0.1, 0.15) is 17.3 Å². The predicted molar refractivity (Wildman–Crippen MR) is 116 cm³/mol. The first kappa shape index (κ1) is 22.1. The molecule has 0 saturated heterocycles. The van der Waals surface area contributed by atoms with E-state index in [9.17, 15) is 17.6 Å². The lowest BCUT2D eigenvalue weighted by Gasteiger charge is -2.14. The van der Waals surface area contributed by atoms with Crippen molar-refractivity contribution >= 4 is 27.3 Å². The third-order valence-electron chi connectivity index (χ3n) is 4.38. The zero-order valence-electron chi connectivity index (χ0n) is 16.9. The van der Waals surface area contributed by atoms with Gasteiger partial charge in [0, 0.05) is 5.69 Å². The minimum atomic E-state index is -3.98. The van der Waals surface area contributed by atoms with E-state index in [1.54, 1.807) is 37.4 Å². The molecule has 1 amide bonds. The van der Waals surface area contributed by atoms with Crippen molar-refractivity contribution in [1.82, 2.24) is 0 Å². The molecule has 0 aliphatic carbocycles. The molecule has 0 aliphatic rings. The Hall–Kier alpha value is -3.59. The highest BCUT2D eigenvalue weighted by atomic mass is 32.2. The zero-order valence-corrected chi connectivity index (χ0v) is 17.7. The van der Waals surface area contributed by atoms with Gasteiger partial charge >= 0.3 is 0 Å². The summed E-state index contributed by atoms with van der Waals surface area (Å²) in [7, 11) is -1.03. The molecule has 3 aromatic carbocycles. The summed E-state index contributed by atoms with van der Waals surface area (Å²) in [5.74, 6) is 0.136. The molecular weight excluding hydrogens is 423 g/mol. The van der Waals surface area contributed by atoms with Crippen molar-refractivity contribution in [2.24, 2.45) is 0 Å². The summed E-state index contributed by atoms with van der Waals surface area (Å²) in [6.07, 6.45) is 0.132. The fraction of sp³-hybridized carbons (Fsp3) is 0.136. The van der Waals surface area contributed by atoms with Crippen LogP contribution in [0.3, 0.4) is 0 Å². The Morgan fingerprint density at radius 1 is 0.935 bits per heavy atom. The minimum absolute atomic E-state index is 0.107. The van der Waals surface area contributed by atoms with E-state index < -0.39 is 15.8 Å². The Morgan fingerprint density at radius 3 is 2.23 bits per heavy atom. The average molecular weight is 444 g/mol. The van der Waals surface area contributed by atoms with E-state index in [-0.39, 0.29) is 28.7 Å². The highest BCUT2D eigenvalue weighted by Crippen LogP contribution is 2.30. The van der Waals surface area contributed by atoms with Crippen LogP contribution in [0.25, 0.3) is 0 Å². The van der Waals surface area contributed by atoms with Gasteiger partial charge in [-0.1, -0.05) is 12.1 Å². The number of amides is 1. The maximum atomic E-state index is 13.1. The first-order valence-corrected chi connectivity index (χ1v) is 10.7. The summed E-state index contributed by atoms with van der Waals surface area (Å²) in [6.45, 7) is 0. The molecule has 3 rings (SSSR count). The second-order valence-corrected chi connectivity index (χ2v) is 8.23. The molecular formula is C22H21FN2O5S. The standard InChI is InChI=1S/C22H21FN2O5S/c1-29-18-8-3-15(4-9-18)13-22(26)24-17-7-12-21(30-2)20(14-17)25-31(27,28)19-10-5-16(23)6-11-19/h3-12,14,25H,13H2,1-2H3,(H,24,26). The van der Waals surface area contributed by atoms with Crippen LogP contribution in [-0.4, -0.2) is 28.5 Å². The predicted octanol–water partition coefficient (Wildman–Crippen LogP) is 3.82. The number of methoxy groups -OCH3 is 2. The minimum Gasteiger partial charge on any atom is -0.497 e. The molecule has 0 aliphatic heterocycles. The first-order chi connectivity index (χ1) is 14.8. The molecule has 0 heterocycles. The van der Waals surface area contributed by atoms with Crippen molar-refractivity contribution in [3.05, 3.63) is 78.1 Å². The Kier molecular flexibility index (Phi) is 6.76. The Bertz CT molecular complexity index is 1160. The van der Waals surface area contributed by atoms with Gasteiger partial charge in [-0.3, -0.25) is 9.52 Å². The van der Waals surface area contributed by atoms with Crippen molar-refractivity contribution in [3.8, 4) is 11.5 Å². The van der Waals surface area contributed by atoms with E-state index in [0.717, 1.165) is 29.8 Å². The topological polar surface area (TPSA) is 93.7 Å². The summed E-state index contributed by atoms with van der Waals surface area (Å²) >= 11 is 0. The highest BCUT2D eigenvalue weighted by molar-refractivity contribution is 7.92. The van der Waals surface area contributed by atoms with Crippen molar-refractivity contribution in [2.45, 2.75) is 11.3 Å². The lowest BCUT2D eigenvalue weighted by atomic mass is 10.1. The highest BCUT2D eigenvalue weighted by Gasteiger charge is 2.17. The second kappa shape index (κ2) is 9.48. The molecule has 0 unspecified atom stereocenters. The SMILES string of the molecule is COc1ccc(CC(=O)Nc2ccc(OC)c(NS(=O)(=O)c3ccc(F)cc3)c2)cc1. The fourth-order valence-electron chi connectivity index (χ4n) is 2.82. The number of nitrogens with one attached hydrogen (secondary N) is 2. The van der Waals surface area contributed by atoms with Gasteiger partial charge in [-0.15, -0.1) is 0 Å². The Morgan fingerprint density at radius 2 is 1.61 bits per heavy atom. The van der Waals surface area contributed by atoms with Crippen molar-refractivity contribution in [1.29, 1.82) is 0 Å². The molecule has 0 saturated carbocycles. The maximum absolute atomic E-state index is 13.1. The van der Waals surface area contributed by atoms with Crippen LogP contribution >= 0.6 is 0 Å². The van der Waals surface area contributed by atoms with Crippen LogP contribution in [0, 0.1) is 5.82 Å². The fourth-order valence-corrected chi connectivity index (χ4v) is 3.88. The molecule has 162 valence electrons. The van der Waals surface area contributed by atoms with E-state index in [1.165, 1.54) is 19.2 Å². The molecule has 0 fully saturated rings. The van der Waals surface area contributed by atoms with E-state index in [4.69, 9.17) is 9.47 Å². The van der Waals surface area contributed by atoms with Gasteiger partial charge < -0.3 is 14.8 Å². The van der Waals surface area contributed by atoms with Gasteiger partial charge in [-0.2, -0.15) is 0 Å². The Labute approximate surface area is 179 Å². The number of hydrogen-bond donors (Lipinski definition) is 2. The third kappa shape index (κ3) is 5.73. The average Bonchev–Trinajstić information content (AvgIpc) is 2.74. The molecule has 31 heavy (non-hydrogen) atoms. The number of halogens is 1. The quantitative estimate of drug-likeness (QED) is 0.551. The summed E-state index contributed by atoms with van der Waals surface area (Å²) in [5, 5.41) is 2.73. The van der Waals surface area contributed by atoms with Crippen LogP contribution < -0.4 is 19.5 Å². The maximum Gasteiger partial charge on any atom is 0.262 e. The number of sulfonamides is 1. The van der Waals surface area contributed by atoms with Crippen molar-refractivity contribution < 1.29 is 27.1 Å². The normalized spacial score (nSPS) is 10.9. The molecule has 9 heteroatoms. The van der Waals surface area contributed by atoms with Gasteiger partial charge in [-0.05, 0) is 60.2 Å². The summed E-state index contributed by atoms with van der Waals surface area (Å²) in [5.41, 5.74) is 1.31. The van der Waals surface area contributed by atoms with Gasteiger partial charge in [0.05, 0.1) is 31.2 Å². The monoisotopic (exact) mass is 444 g/mol. The van der Waals surface area contributed by atoms with Crippen LogP contribution in [-0.2, 0) is 21.2 Å². The second-order valence-electron chi connectivity index (χ2n) is 6.55. The van der Waals surface area contributed by atoms with Crippen LogP contribution in [0.15, 0.2) is 71.6 Å². The van der Waals surface area contributed by atoms with E-state index in [1.807, 2.05) is 0 Å². The largest absolute Gasteiger partial charge is 0.497 e. The van der Waals surface area contributed by atoms with Crippen LogP contribution in [0.4, 0.5) is 15.8 Å². The molecule has 0 atom stereocenters. The van der Waals surface area contributed by atoms with Crippen molar-refractivity contribution in [2.75, 3.05) is 24.3 Å². The molecule has 3 aromatic rings. The van der Waals surface area contributed by atoms with Gasteiger partial charge in [0.2, 0.25) is 5.91 Å². The number of hydrogen-bond acceptors (Lipinski definition) is 5. The van der Waals surface area contributed by atoms with Crippen LogP contribution in [0.1, 0.15) is 5.56 Å². The molecule has 0 bridgehead atoms. The summed E-state index contributed by atoms with van der Waals surface area (Å²) in [4.78, 5) is 12.3. The van der Waals surface area contributed by atoms with Gasteiger partial charge in [0.15, 0.2) is 0 Å². The van der Waals surface area contributed by atoms with E-state index in [2.05, 4.69) is 10.0 Å². The van der Waals surface area contributed by atoms with Gasteiger partial charge in [0.25, 0.3) is 10.0 Å². The first-order valence-electron chi connectivity index (χ1n) is 9.20. The molecule has 2 N–H and O–H groups in total. The van der Waals surface area contributed by atoms with Crippen LogP contribution in [0.5, 0.6) is 11.5 Å². The van der Waals surface area contributed by atoms with Crippen LogP contribution in [0.2, 0.25) is 0 Å². The number of ether oxygens (including phenoxy) is 2. The number of benzene rings is 3. The Balaban J connectivity index is 1.76. The number of carbonyl (C=O) groups is 1. The smallest absolute Gasteiger partial charge is 0.262 e. The molecule has 7 nitrogen and oxygen atoms in total. The summed E-state index contributed by atoms with van der Waals surface area (Å²) < 4.78 is 51.1. The molecule has 0 radical (unpaired) electrons. The lowest BCUT2D eigenvalue weighted by Crippen LogP contribution is -2.16. The third-order valence-corrected chi connectivity index (χ3v) is 5.76. The van der Waals surface area contributed by atoms with Crippen molar-refractivity contribution in [3.63, 3.8) is 0 Å². The number of rotatable bonds is 8. The molecule has 0 aromatic heterocycles. The van der Waals surface area contributed by atoms with Gasteiger partial charge in [-0.25, -0.2) is 12.8 Å². The number of anilines is 2. The summed E-state index contributed by atoms with van der Waals surface area (Å²) in [6, 6.07) is 16.1.